The van der Waals surface area contributed by atoms with Crippen LogP contribution in [0, 0.1) is 5.82 Å². The van der Waals surface area contributed by atoms with Gasteiger partial charge in [0.05, 0.1) is 5.52 Å². The normalized spacial score (nSPS) is 10.5. The molecular formula is C10H6FNO3. The monoisotopic (exact) mass is 207 g/mol. The number of aromatic hydroxyl groups is 1. The molecule has 0 radical (unpaired) electrons. The predicted octanol–water partition coefficient (Wildman–Crippen LogP) is 0.733. The molecule has 2 aromatic rings. The van der Waals surface area contributed by atoms with Gasteiger partial charge in [0.1, 0.15) is 5.82 Å². The summed E-state index contributed by atoms with van der Waals surface area (Å²) in [5, 5.41) is 9.25. The lowest BCUT2D eigenvalue weighted by Crippen LogP contribution is -2.00. The van der Waals surface area contributed by atoms with Crippen LogP contribution in [-0.4, -0.2) is 10.1 Å². The number of halogens is 1. The fourth-order valence-electron chi connectivity index (χ4n) is 1.29. The maximum Gasteiger partial charge on any atom is 0.290 e. The SMILES string of the molecule is O=c1[nH]c2cc(F)ccc2c(=O)cc1O. The van der Waals surface area contributed by atoms with Gasteiger partial charge in [0.25, 0.3) is 5.56 Å². The molecule has 5 heteroatoms. The molecule has 0 saturated carbocycles. The Morgan fingerprint density at radius 2 is 1.93 bits per heavy atom. The number of aromatic nitrogens is 1. The number of benzene rings is 1. The second kappa shape index (κ2) is 3.20. The molecule has 0 aliphatic rings. The highest BCUT2D eigenvalue weighted by molar-refractivity contribution is 5.77. The first-order valence-electron chi connectivity index (χ1n) is 4.14. The fraction of sp³-hybridized carbons (Fsp3) is 0. The maximum absolute atomic E-state index is 12.8. The number of fused-ring (bicyclic) bond motifs is 1. The molecular weight excluding hydrogens is 201 g/mol. The molecule has 4 nitrogen and oxygen atoms in total. The third-order valence-electron chi connectivity index (χ3n) is 2.00. The average Bonchev–Trinajstić information content (AvgIpc) is 2.25. The number of hydrogen-bond acceptors (Lipinski definition) is 3. The van der Waals surface area contributed by atoms with Gasteiger partial charge < -0.3 is 10.1 Å². The van der Waals surface area contributed by atoms with Crippen molar-refractivity contribution in [2.75, 3.05) is 0 Å². The second-order valence-corrected chi connectivity index (χ2v) is 3.04. The van der Waals surface area contributed by atoms with Gasteiger partial charge in [-0.3, -0.25) is 9.59 Å². The minimum absolute atomic E-state index is 0.0605. The topological polar surface area (TPSA) is 70.2 Å². The van der Waals surface area contributed by atoms with Crippen molar-refractivity contribution >= 4 is 10.9 Å². The Labute approximate surface area is 82.6 Å². The third-order valence-corrected chi connectivity index (χ3v) is 2.00. The zero-order chi connectivity index (χ0) is 11.0. The summed E-state index contributed by atoms with van der Waals surface area (Å²) in [6.07, 6.45) is 0. The smallest absolute Gasteiger partial charge is 0.290 e. The van der Waals surface area contributed by atoms with Crippen LogP contribution in [0.25, 0.3) is 10.9 Å². The Morgan fingerprint density at radius 3 is 2.67 bits per heavy atom. The van der Waals surface area contributed by atoms with Crippen molar-refractivity contribution in [3.05, 3.63) is 50.7 Å². The minimum atomic E-state index is -0.826. The second-order valence-electron chi connectivity index (χ2n) is 3.04. The number of hydrogen-bond donors (Lipinski definition) is 2. The highest BCUT2D eigenvalue weighted by Crippen LogP contribution is 2.08. The summed E-state index contributed by atoms with van der Waals surface area (Å²) >= 11 is 0. The quantitative estimate of drug-likeness (QED) is 0.669. The Kier molecular flexibility index (Phi) is 2.00. The van der Waals surface area contributed by atoms with Gasteiger partial charge in [0.2, 0.25) is 0 Å². The van der Waals surface area contributed by atoms with E-state index in [4.69, 9.17) is 5.11 Å². The Morgan fingerprint density at radius 1 is 1.20 bits per heavy atom. The van der Waals surface area contributed by atoms with Crippen molar-refractivity contribution in [2.45, 2.75) is 0 Å². The van der Waals surface area contributed by atoms with Crippen LogP contribution in [0.3, 0.4) is 0 Å². The molecule has 0 unspecified atom stereocenters. The van der Waals surface area contributed by atoms with Crippen molar-refractivity contribution in [3.8, 4) is 5.75 Å². The van der Waals surface area contributed by atoms with Crippen molar-refractivity contribution in [2.24, 2.45) is 0 Å². The molecule has 0 amide bonds. The Balaban J connectivity index is 3.10. The summed E-state index contributed by atoms with van der Waals surface area (Å²) < 4.78 is 12.8. The van der Waals surface area contributed by atoms with Gasteiger partial charge in [0, 0.05) is 11.5 Å². The van der Waals surface area contributed by atoms with Gasteiger partial charge in [-0.1, -0.05) is 0 Å². The van der Waals surface area contributed by atoms with E-state index < -0.39 is 22.6 Å². The van der Waals surface area contributed by atoms with Gasteiger partial charge in [-0.05, 0) is 18.2 Å². The number of rotatable bonds is 0. The first kappa shape index (κ1) is 9.39. The molecule has 15 heavy (non-hydrogen) atoms. The molecule has 0 aliphatic carbocycles. The van der Waals surface area contributed by atoms with E-state index in [0.29, 0.717) is 0 Å². The fourth-order valence-corrected chi connectivity index (χ4v) is 1.29. The number of aromatic amines is 1. The Bertz CT molecular complexity index is 648. The van der Waals surface area contributed by atoms with E-state index in [1.54, 1.807) is 0 Å². The van der Waals surface area contributed by atoms with E-state index in [9.17, 15) is 14.0 Å². The van der Waals surface area contributed by atoms with Gasteiger partial charge in [-0.2, -0.15) is 0 Å². The lowest BCUT2D eigenvalue weighted by Gasteiger charge is -1.90. The zero-order valence-corrected chi connectivity index (χ0v) is 7.45. The molecule has 0 saturated heterocycles. The molecule has 1 aromatic heterocycles. The van der Waals surface area contributed by atoms with E-state index in [2.05, 4.69) is 4.98 Å². The van der Waals surface area contributed by atoms with Crippen LogP contribution in [0.15, 0.2) is 33.9 Å². The molecule has 0 aliphatic heterocycles. The van der Waals surface area contributed by atoms with Crippen LogP contribution in [0.2, 0.25) is 0 Å². The summed E-state index contributed by atoms with van der Waals surface area (Å²) in [7, 11) is 0. The van der Waals surface area contributed by atoms with Crippen molar-refractivity contribution in [1.29, 1.82) is 0 Å². The lowest BCUT2D eigenvalue weighted by atomic mass is 10.2. The molecule has 0 atom stereocenters. The van der Waals surface area contributed by atoms with E-state index >= 15 is 0 Å². The van der Waals surface area contributed by atoms with Gasteiger partial charge >= 0.3 is 0 Å². The van der Waals surface area contributed by atoms with Crippen LogP contribution in [0.5, 0.6) is 5.75 Å². The minimum Gasteiger partial charge on any atom is -0.503 e. The lowest BCUT2D eigenvalue weighted by molar-refractivity contribution is 0.468. The Hall–Kier alpha value is -2.17. The molecule has 1 heterocycles. The molecule has 2 rings (SSSR count). The van der Waals surface area contributed by atoms with Crippen LogP contribution >= 0.6 is 0 Å². The number of H-pyrrole nitrogens is 1. The largest absolute Gasteiger partial charge is 0.503 e. The van der Waals surface area contributed by atoms with Crippen LogP contribution in [-0.2, 0) is 0 Å². The summed E-state index contributed by atoms with van der Waals surface area (Å²) in [5.74, 6) is -1.25. The summed E-state index contributed by atoms with van der Waals surface area (Å²) in [4.78, 5) is 24.8. The first-order valence-corrected chi connectivity index (χ1v) is 4.14. The van der Waals surface area contributed by atoms with E-state index in [1.807, 2.05) is 0 Å². The van der Waals surface area contributed by atoms with Crippen molar-refractivity contribution in [1.82, 2.24) is 4.98 Å². The van der Waals surface area contributed by atoms with Crippen LogP contribution in [0.1, 0.15) is 0 Å². The van der Waals surface area contributed by atoms with Crippen LogP contribution < -0.4 is 11.0 Å². The highest BCUT2D eigenvalue weighted by Gasteiger charge is 2.02. The van der Waals surface area contributed by atoms with E-state index in [-0.39, 0.29) is 10.9 Å². The number of nitrogens with one attached hydrogen (secondary N) is 1. The maximum atomic E-state index is 12.8. The first-order chi connectivity index (χ1) is 7.08. The molecule has 0 bridgehead atoms. The molecule has 2 N–H and O–H groups in total. The van der Waals surface area contributed by atoms with Crippen molar-refractivity contribution < 1.29 is 9.50 Å². The molecule has 76 valence electrons. The average molecular weight is 207 g/mol. The molecule has 1 aromatic carbocycles. The van der Waals surface area contributed by atoms with E-state index in [0.717, 1.165) is 18.2 Å². The van der Waals surface area contributed by atoms with Crippen LogP contribution in [0.4, 0.5) is 4.39 Å². The van der Waals surface area contributed by atoms with Gasteiger partial charge in [0.15, 0.2) is 11.2 Å². The van der Waals surface area contributed by atoms with E-state index in [1.165, 1.54) is 6.07 Å². The van der Waals surface area contributed by atoms with Gasteiger partial charge in [-0.25, -0.2) is 4.39 Å². The third kappa shape index (κ3) is 1.59. The molecule has 0 fully saturated rings. The molecule has 0 spiro atoms. The standard InChI is InChI=1S/C10H6FNO3/c11-5-1-2-6-7(3-5)12-10(15)9(14)4-8(6)13/h1-4,14H,(H,12,15). The summed E-state index contributed by atoms with van der Waals surface area (Å²) in [5.41, 5.74) is -1.31. The zero-order valence-electron chi connectivity index (χ0n) is 7.45. The summed E-state index contributed by atoms with van der Waals surface area (Å²) in [6.45, 7) is 0. The highest BCUT2D eigenvalue weighted by atomic mass is 19.1. The van der Waals surface area contributed by atoms with Crippen molar-refractivity contribution in [3.63, 3.8) is 0 Å². The predicted molar refractivity (Wildman–Crippen MR) is 52.5 cm³/mol. The summed E-state index contributed by atoms with van der Waals surface area (Å²) in [6, 6.07) is 4.19. The van der Waals surface area contributed by atoms with Gasteiger partial charge in [-0.15, -0.1) is 0 Å².